The number of nitrogens with one attached hydrogen (secondary N) is 3. The standard InChI is InChI=1S/C21H21F2N5O4S/c1-12(13-3-5-15(22)6-4-13)25-20(29)18-10-19(28(2)33(31,32)27-18)21(30)26-16-7-8-17(23)14(9-16)11-24/h3-9,12,18-19,27H,10H2,1-2H3,(H,25,29)(H,26,30)/t12-,18?,19?/m1/s1. The Hall–Kier alpha value is -3.40. The quantitative estimate of drug-likeness (QED) is 0.602. The van der Waals surface area contributed by atoms with Gasteiger partial charge < -0.3 is 10.6 Å². The highest BCUT2D eigenvalue weighted by Gasteiger charge is 2.43. The van der Waals surface area contributed by atoms with Crippen molar-refractivity contribution in [2.24, 2.45) is 0 Å². The maximum absolute atomic E-state index is 13.5. The number of rotatable bonds is 5. The number of carbonyl (C=O) groups is 2. The lowest BCUT2D eigenvalue weighted by Gasteiger charge is -2.35. The number of halogens is 2. The second-order valence-corrected chi connectivity index (χ2v) is 9.28. The van der Waals surface area contributed by atoms with Gasteiger partial charge in [0.25, 0.3) is 10.2 Å². The minimum absolute atomic E-state index is 0.105. The van der Waals surface area contributed by atoms with Crippen LogP contribution in [-0.4, -0.2) is 43.7 Å². The highest BCUT2D eigenvalue weighted by molar-refractivity contribution is 7.87. The summed E-state index contributed by atoms with van der Waals surface area (Å²) in [6.07, 6.45) is -0.185. The lowest BCUT2D eigenvalue weighted by atomic mass is 10.0. The summed E-state index contributed by atoms with van der Waals surface area (Å²) in [6, 6.07) is 7.45. The van der Waals surface area contributed by atoms with Crippen LogP contribution in [0.5, 0.6) is 0 Å². The maximum atomic E-state index is 13.5. The number of anilines is 1. The highest BCUT2D eigenvalue weighted by Crippen LogP contribution is 2.21. The molecule has 3 atom stereocenters. The Kier molecular flexibility index (Phi) is 7.06. The number of hydrogen-bond donors (Lipinski definition) is 3. The summed E-state index contributed by atoms with van der Waals surface area (Å²) in [5.74, 6) is -2.60. The van der Waals surface area contributed by atoms with Gasteiger partial charge in [-0.3, -0.25) is 9.59 Å². The summed E-state index contributed by atoms with van der Waals surface area (Å²) in [5, 5.41) is 14.0. The van der Waals surface area contributed by atoms with Crippen molar-refractivity contribution in [2.45, 2.75) is 31.5 Å². The van der Waals surface area contributed by atoms with Crippen LogP contribution in [0.2, 0.25) is 0 Å². The molecule has 0 aliphatic carbocycles. The van der Waals surface area contributed by atoms with Crippen molar-refractivity contribution >= 4 is 27.7 Å². The first-order chi connectivity index (χ1) is 15.5. The number of nitriles is 1. The fraction of sp³-hybridized carbons (Fsp3) is 0.286. The first kappa shape index (κ1) is 24.2. The SMILES string of the molecule is C[C@@H](NC(=O)C1CC(C(=O)Nc2ccc(F)c(C#N)c2)N(C)S(=O)(=O)N1)c1ccc(F)cc1. The molecule has 2 aromatic carbocycles. The van der Waals surface area contributed by atoms with Gasteiger partial charge in [-0.1, -0.05) is 12.1 Å². The summed E-state index contributed by atoms with van der Waals surface area (Å²) in [4.78, 5) is 25.6. The molecule has 0 saturated carbocycles. The Morgan fingerprint density at radius 2 is 1.85 bits per heavy atom. The molecule has 9 nitrogen and oxygen atoms in total. The molecule has 0 radical (unpaired) electrons. The van der Waals surface area contributed by atoms with E-state index in [-0.39, 0.29) is 17.7 Å². The van der Waals surface area contributed by atoms with Gasteiger partial charge in [0.2, 0.25) is 11.8 Å². The molecule has 0 aromatic heterocycles. The van der Waals surface area contributed by atoms with Crippen LogP contribution in [0.15, 0.2) is 42.5 Å². The molecule has 1 aliphatic heterocycles. The van der Waals surface area contributed by atoms with Crippen LogP contribution < -0.4 is 15.4 Å². The van der Waals surface area contributed by atoms with Crippen LogP contribution in [0.1, 0.15) is 30.5 Å². The molecule has 1 saturated heterocycles. The number of benzene rings is 2. The summed E-state index contributed by atoms with van der Waals surface area (Å²) in [7, 11) is -2.98. The number of carbonyl (C=O) groups excluding carboxylic acids is 2. The molecule has 1 aliphatic rings. The second-order valence-electron chi connectivity index (χ2n) is 7.52. The third-order valence-corrected chi connectivity index (χ3v) is 6.87. The topological polar surface area (TPSA) is 131 Å². The van der Waals surface area contributed by atoms with Crippen molar-refractivity contribution in [3.63, 3.8) is 0 Å². The Labute approximate surface area is 189 Å². The molecule has 1 fully saturated rings. The van der Waals surface area contributed by atoms with Gasteiger partial charge in [-0.2, -0.15) is 22.7 Å². The van der Waals surface area contributed by atoms with Gasteiger partial charge in [0.05, 0.1) is 11.6 Å². The van der Waals surface area contributed by atoms with Gasteiger partial charge >= 0.3 is 0 Å². The van der Waals surface area contributed by atoms with Crippen LogP contribution >= 0.6 is 0 Å². The predicted molar refractivity (Wildman–Crippen MR) is 115 cm³/mol. The molecule has 33 heavy (non-hydrogen) atoms. The van der Waals surface area contributed by atoms with Gasteiger partial charge in [0.1, 0.15) is 29.8 Å². The zero-order valence-corrected chi connectivity index (χ0v) is 18.5. The van der Waals surface area contributed by atoms with E-state index in [1.807, 2.05) is 0 Å². The lowest BCUT2D eigenvalue weighted by Crippen LogP contribution is -2.62. The third-order valence-electron chi connectivity index (χ3n) is 5.27. The van der Waals surface area contributed by atoms with E-state index < -0.39 is 51.8 Å². The maximum Gasteiger partial charge on any atom is 0.280 e. The van der Waals surface area contributed by atoms with Crippen LogP contribution in [0.4, 0.5) is 14.5 Å². The van der Waals surface area contributed by atoms with Gasteiger partial charge in [-0.25, -0.2) is 8.78 Å². The summed E-state index contributed by atoms with van der Waals surface area (Å²) < 4.78 is 54.7. The largest absolute Gasteiger partial charge is 0.348 e. The van der Waals surface area contributed by atoms with Crippen molar-refractivity contribution in [3.05, 3.63) is 65.2 Å². The Bertz CT molecular complexity index is 1210. The van der Waals surface area contributed by atoms with E-state index >= 15 is 0 Å². The molecular formula is C21H21F2N5O4S. The van der Waals surface area contributed by atoms with E-state index in [0.717, 1.165) is 16.4 Å². The second kappa shape index (κ2) is 9.62. The van der Waals surface area contributed by atoms with E-state index in [4.69, 9.17) is 5.26 Å². The summed E-state index contributed by atoms with van der Waals surface area (Å²) in [6.45, 7) is 1.65. The Morgan fingerprint density at radius 3 is 2.48 bits per heavy atom. The van der Waals surface area contributed by atoms with E-state index in [1.54, 1.807) is 13.0 Å². The van der Waals surface area contributed by atoms with E-state index in [2.05, 4.69) is 15.4 Å². The Balaban J connectivity index is 1.75. The molecule has 1 heterocycles. The average molecular weight is 477 g/mol. The number of nitrogens with zero attached hydrogens (tertiary/aromatic N) is 2. The normalized spacial score (nSPS) is 20.9. The fourth-order valence-corrected chi connectivity index (χ4v) is 4.59. The van der Waals surface area contributed by atoms with E-state index in [9.17, 15) is 26.8 Å². The molecule has 0 spiro atoms. The van der Waals surface area contributed by atoms with Gasteiger partial charge in [-0.05, 0) is 49.2 Å². The minimum atomic E-state index is -4.17. The highest BCUT2D eigenvalue weighted by atomic mass is 32.2. The van der Waals surface area contributed by atoms with E-state index in [1.165, 1.54) is 37.4 Å². The van der Waals surface area contributed by atoms with Crippen molar-refractivity contribution in [1.29, 1.82) is 5.26 Å². The van der Waals surface area contributed by atoms with Crippen LogP contribution in [-0.2, 0) is 19.8 Å². The molecule has 3 rings (SSSR count). The van der Waals surface area contributed by atoms with Crippen LogP contribution in [0.3, 0.4) is 0 Å². The lowest BCUT2D eigenvalue weighted by molar-refractivity contribution is -0.125. The molecule has 2 unspecified atom stereocenters. The predicted octanol–water partition coefficient (Wildman–Crippen LogP) is 1.56. The first-order valence-corrected chi connectivity index (χ1v) is 11.3. The number of likely N-dealkylation sites (N-methyl/N-ethyl adjacent to an activating group) is 1. The smallest absolute Gasteiger partial charge is 0.280 e. The Morgan fingerprint density at radius 1 is 1.18 bits per heavy atom. The van der Waals surface area contributed by atoms with Crippen LogP contribution in [0.25, 0.3) is 0 Å². The molecular weight excluding hydrogens is 456 g/mol. The third kappa shape index (κ3) is 5.51. The number of hydrogen-bond acceptors (Lipinski definition) is 5. The summed E-state index contributed by atoms with van der Waals surface area (Å²) >= 11 is 0. The molecule has 0 bridgehead atoms. The minimum Gasteiger partial charge on any atom is -0.348 e. The van der Waals surface area contributed by atoms with Gasteiger partial charge in [0, 0.05) is 12.7 Å². The van der Waals surface area contributed by atoms with Crippen molar-refractivity contribution in [3.8, 4) is 6.07 Å². The van der Waals surface area contributed by atoms with Gasteiger partial charge in [-0.15, -0.1) is 0 Å². The first-order valence-electron chi connectivity index (χ1n) is 9.83. The van der Waals surface area contributed by atoms with Crippen molar-refractivity contribution < 1.29 is 26.8 Å². The zero-order valence-electron chi connectivity index (χ0n) is 17.7. The average Bonchev–Trinajstić information content (AvgIpc) is 2.76. The molecule has 174 valence electrons. The van der Waals surface area contributed by atoms with Crippen molar-refractivity contribution in [2.75, 3.05) is 12.4 Å². The molecule has 12 heteroatoms. The van der Waals surface area contributed by atoms with Crippen molar-refractivity contribution in [1.82, 2.24) is 14.3 Å². The number of amides is 2. The zero-order chi connectivity index (χ0) is 24.3. The fourth-order valence-electron chi connectivity index (χ4n) is 3.35. The molecule has 2 aromatic rings. The monoisotopic (exact) mass is 477 g/mol. The molecule has 3 N–H and O–H groups in total. The summed E-state index contributed by atoms with van der Waals surface area (Å²) in [5.41, 5.74) is 0.429. The van der Waals surface area contributed by atoms with E-state index in [0.29, 0.717) is 5.56 Å². The van der Waals surface area contributed by atoms with Crippen LogP contribution in [0, 0.1) is 23.0 Å². The molecule has 2 amide bonds. The van der Waals surface area contributed by atoms with Gasteiger partial charge in [0.15, 0.2) is 0 Å².